The molecule has 7 nitrogen and oxygen atoms in total. The number of H-pyrrole nitrogens is 1. The first kappa shape index (κ1) is 23.5. The number of unbranched alkanes of at least 4 members (excludes halogenated alkanes) is 1. The fraction of sp³-hybridized carbons (Fsp3) is 0.318. The molecule has 0 radical (unpaired) electrons. The largest absolute Gasteiger partial charge is 0.395 e. The summed E-state index contributed by atoms with van der Waals surface area (Å²) in [5.74, 6) is -0.0359. The normalized spacial score (nSPS) is 10.8. The fourth-order valence-corrected chi connectivity index (χ4v) is 3.25. The van der Waals surface area contributed by atoms with Gasteiger partial charge in [0, 0.05) is 29.6 Å². The summed E-state index contributed by atoms with van der Waals surface area (Å²) in [6.45, 7) is 1.65. The number of rotatable bonds is 9. The molecule has 2 aromatic carbocycles. The van der Waals surface area contributed by atoms with Crippen molar-refractivity contribution < 1.29 is 9.90 Å². The van der Waals surface area contributed by atoms with Gasteiger partial charge in [-0.25, -0.2) is 5.10 Å². The molecule has 8 heteroatoms. The standard InChI is InChI=1S/C22H26N4O3.ClH/c1-26(13-14-27)12-5-4-11-20(28)23-17-8-6-7-16(15-17)21-18-9-2-3-10-19(18)22(29)25-24-21;/h2-3,6-10,15,27H,4-5,11-14H2,1H3,(H,23,28)(H,25,29);1H. The molecular formula is C22H27ClN4O3. The summed E-state index contributed by atoms with van der Waals surface area (Å²) in [6, 6.07) is 14.8. The minimum atomic E-state index is -0.224. The lowest BCUT2D eigenvalue weighted by atomic mass is 10.0. The molecule has 0 saturated carbocycles. The van der Waals surface area contributed by atoms with E-state index >= 15 is 0 Å². The smallest absolute Gasteiger partial charge is 0.272 e. The van der Waals surface area contributed by atoms with Gasteiger partial charge in [-0.15, -0.1) is 12.4 Å². The van der Waals surface area contributed by atoms with Gasteiger partial charge in [-0.05, 0) is 44.6 Å². The molecule has 3 rings (SSSR count). The van der Waals surface area contributed by atoms with Gasteiger partial charge in [0.05, 0.1) is 17.7 Å². The maximum Gasteiger partial charge on any atom is 0.272 e. The Labute approximate surface area is 181 Å². The zero-order valence-electron chi connectivity index (χ0n) is 16.9. The molecule has 1 aromatic heterocycles. The second-order valence-electron chi connectivity index (χ2n) is 7.06. The highest BCUT2D eigenvalue weighted by molar-refractivity contribution is 5.95. The molecule has 0 bridgehead atoms. The van der Waals surface area contributed by atoms with Crippen molar-refractivity contribution in [2.45, 2.75) is 19.3 Å². The van der Waals surface area contributed by atoms with Crippen LogP contribution < -0.4 is 10.9 Å². The number of amides is 1. The van der Waals surface area contributed by atoms with Crippen LogP contribution in [0.3, 0.4) is 0 Å². The number of aliphatic hydroxyl groups is 1. The van der Waals surface area contributed by atoms with Crippen LogP contribution in [0, 0.1) is 0 Å². The van der Waals surface area contributed by atoms with Crippen molar-refractivity contribution in [3.63, 3.8) is 0 Å². The zero-order valence-corrected chi connectivity index (χ0v) is 17.7. The summed E-state index contributed by atoms with van der Waals surface area (Å²) < 4.78 is 0. The van der Waals surface area contributed by atoms with E-state index in [9.17, 15) is 9.59 Å². The third-order valence-corrected chi connectivity index (χ3v) is 4.79. The van der Waals surface area contributed by atoms with Crippen molar-refractivity contribution >= 4 is 34.8 Å². The van der Waals surface area contributed by atoms with Crippen LogP contribution in [0.1, 0.15) is 19.3 Å². The molecule has 0 aliphatic heterocycles. The Morgan fingerprint density at radius 1 is 1.10 bits per heavy atom. The Bertz CT molecular complexity index is 1040. The molecule has 0 unspecified atom stereocenters. The van der Waals surface area contributed by atoms with Crippen molar-refractivity contribution in [2.24, 2.45) is 0 Å². The number of aliphatic hydroxyl groups excluding tert-OH is 1. The Morgan fingerprint density at radius 2 is 1.87 bits per heavy atom. The lowest BCUT2D eigenvalue weighted by Gasteiger charge is -2.14. The van der Waals surface area contributed by atoms with E-state index in [2.05, 4.69) is 15.5 Å². The molecule has 0 aliphatic rings. The molecule has 1 amide bonds. The highest BCUT2D eigenvalue weighted by Gasteiger charge is 2.10. The third-order valence-electron chi connectivity index (χ3n) is 4.79. The first-order valence-electron chi connectivity index (χ1n) is 9.75. The summed E-state index contributed by atoms with van der Waals surface area (Å²) in [5.41, 5.74) is 1.96. The first-order chi connectivity index (χ1) is 14.1. The maximum absolute atomic E-state index is 12.3. The van der Waals surface area contributed by atoms with Crippen molar-refractivity contribution in [2.75, 3.05) is 32.1 Å². The van der Waals surface area contributed by atoms with Gasteiger partial charge in [0.15, 0.2) is 0 Å². The van der Waals surface area contributed by atoms with Gasteiger partial charge in [-0.3, -0.25) is 9.59 Å². The number of aromatic nitrogens is 2. The Balaban J connectivity index is 0.00000320. The SMILES string of the molecule is CN(CCO)CCCCC(=O)Nc1cccc(-c2n[nH]c(=O)c3ccccc23)c1.Cl. The number of carbonyl (C=O) groups excluding carboxylic acids is 1. The van der Waals surface area contributed by atoms with Gasteiger partial charge >= 0.3 is 0 Å². The van der Waals surface area contributed by atoms with Crippen LogP contribution in [0.5, 0.6) is 0 Å². The average Bonchev–Trinajstić information content (AvgIpc) is 2.72. The minimum Gasteiger partial charge on any atom is -0.395 e. The molecule has 1 heterocycles. The number of likely N-dealkylation sites (N-methyl/N-ethyl adjacent to an activating group) is 1. The van der Waals surface area contributed by atoms with Crippen LogP contribution in [0.15, 0.2) is 53.3 Å². The number of nitrogens with one attached hydrogen (secondary N) is 2. The van der Waals surface area contributed by atoms with E-state index in [1.54, 1.807) is 6.07 Å². The topological polar surface area (TPSA) is 98.3 Å². The summed E-state index contributed by atoms with van der Waals surface area (Å²) in [6.07, 6.45) is 2.13. The summed E-state index contributed by atoms with van der Waals surface area (Å²) in [4.78, 5) is 26.3. The number of benzene rings is 2. The number of nitrogens with zero attached hydrogens (tertiary/aromatic N) is 2. The second kappa shape index (κ2) is 11.4. The van der Waals surface area contributed by atoms with Crippen molar-refractivity contribution in [1.82, 2.24) is 15.1 Å². The van der Waals surface area contributed by atoms with E-state index in [1.807, 2.05) is 54.4 Å². The molecule has 0 saturated heterocycles. The average molecular weight is 431 g/mol. The summed E-state index contributed by atoms with van der Waals surface area (Å²) in [5, 5.41) is 19.9. The van der Waals surface area contributed by atoms with Gasteiger partial charge < -0.3 is 15.3 Å². The van der Waals surface area contributed by atoms with Crippen LogP contribution in [0.25, 0.3) is 22.0 Å². The summed E-state index contributed by atoms with van der Waals surface area (Å²) in [7, 11) is 1.95. The number of carbonyl (C=O) groups is 1. The number of hydrogen-bond donors (Lipinski definition) is 3. The van der Waals surface area contributed by atoms with Crippen LogP contribution in [0.2, 0.25) is 0 Å². The fourth-order valence-electron chi connectivity index (χ4n) is 3.25. The molecule has 30 heavy (non-hydrogen) atoms. The number of hydrogen-bond acceptors (Lipinski definition) is 5. The molecule has 0 fully saturated rings. The first-order valence-corrected chi connectivity index (χ1v) is 9.75. The van der Waals surface area contributed by atoms with Gasteiger partial charge in [-0.1, -0.05) is 30.3 Å². The predicted molar refractivity (Wildman–Crippen MR) is 122 cm³/mol. The molecule has 0 spiro atoms. The van der Waals surface area contributed by atoms with Crippen LogP contribution in [0.4, 0.5) is 5.69 Å². The van der Waals surface area contributed by atoms with Gasteiger partial charge in [0.2, 0.25) is 5.91 Å². The number of halogens is 1. The molecule has 0 atom stereocenters. The van der Waals surface area contributed by atoms with E-state index in [0.29, 0.717) is 29.7 Å². The number of fused-ring (bicyclic) bond motifs is 1. The molecule has 0 aliphatic carbocycles. The predicted octanol–water partition coefficient (Wildman–Crippen LogP) is 3.04. The highest BCUT2D eigenvalue weighted by Crippen LogP contribution is 2.26. The van der Waals surface area contributed by atoms with Gasteiger partial charge in [-0.2, -0.15) is 5.10 Å². The number of aromatic amines is 1. The van der Waals surface area contributed by atoms with Crippen LogP contribution >= 0.6 is 12.4 Å². The molecule has 160 valence electrons. The molecular weight excluding hydrogens is 404 g/mol. The Morgan fingerprint density at radius 3 is 2.63 bits per heavy atom. The lowest BCUT2D eigenvalue weighted by molar-refractivity contribution is -0.116. The van der Waals surface area contributed by atoms with Crippen LogP contribution in [-0.4, -0.2) is 52.9 Å². The van der Waals surface area contributed by atoms with Crippen LogP contribution in [-0.2, 0) is 4.79 Å². The monoisotopic (exact) mass is 430 g/mol. The van der Waals surface area contributed by atoms with Gasteiger partial charge in [0.1, 0.15) is 0 Å². The lowest BCUT2D eigenvalue weighted by Crippen LogP contribution is -2.23. The van der Waals surface area contributed by atoms with Crippen molar-refractivity contribution in [3.8, 4) is 11.3 Å². The highest BCUT2D eigenvalue weighted by atomic mass is 35.5. The van der Waals surface area contributed by atoms with E-state index < -0.39 is 0 Å². The maximum atomic E-state index is 12.3. The minimum absolute atomic E-state index is 0. The quantitative estimate of drug-likeness (QED) is 0.453. The van der Waals surface area contributed by atoms with Crippen molar-refractivity contribution in [3.05, 3.63) is 58.9 Å². The van der Waals surface area contributed by atoms with Crippen molar-refractivity contribution in [1.29, 1.82) is 0 Å². The van der Waals surface area contributed by atoms with E-state index in [4.69, 9.17) is 5.11 Å². The Kier molecular flexibility index (Phi) is 8.98. The molecule has 3 aromatic rings. The Hall–Kier alpha value is -2.74. The number of anilines is 1. The zero-order chi connectivity index (χ0) is 20.6. The second-order valence-corrected chi connectivity index (χ2v) is 7.06. The van der Waals surface area contributed by atoms with E-state index in [1.165, 1.54) is 0 Å². The van der Waals surface area contributed by atoms with E-state index in [-0.39, 0.29) is 30.5 Å². The van der Waals surface area contributed by atoms with Gasteiger partial charge in [0.25, 0.3) is 5.56 Å². The van der Waals surface area contributed by atoms with E-state index in [0.717, 1.165) is 30.3 Å². The molecule has 3 N–H and O–H groups in total. The summed E-state index contributed by atoms with van der Waals surface area (Å²) >= 11 is 0. The third kappa shape index (κ3) is 6.13.